The predicted molar refractivity (Wildman–Crippen MR) is 105 cm³/mol. The van der Waals surface area contributed by atoms with Crippen LogP contribution in [0, 0.1) is 0 Å². The Kier molecular flexibility index (Phi) is 7.57. The summed E-state index contributed by atoms with van der Waals surface area (Å²) in [6.45, 7) is 3.96. The molecule has 26 heavy (non-hydrogen) atoms. The quantitative estimate of drug-likeness (QED) is 0.299. The van der Waals surface area contributed by atoms with E-state index >= 15 is 0 Å². The standard InChI is InChI=1S/C19H18BrN3O3/c1-2-11-26-17-10-6-3-7-14(17)13-21-23-19(25)12-18(24)22-16-9-5-4-8-15(16)20/h2-10,13H,1,11-12H2,(H,22,24)(H,23,25). The lowest BCUT2D eigenvalue weighted by molar-refractivity contribution is -0.126. The molecular formula is C19H18BrN3O3. The van der Waals surface area contributed by atoms with Crippen LogP contribution < -0.4 is 15.5 Å². The maximum absolute atomic E-state index is 11.9. The van der Waals surface area contributed by atoms with Gasteiger partial charge in [-0.1, -0.05) is 36.9 Å². The van der Waals surface area contributed by atoms with E-state index in [0.717, 1.165) is 4.47 Å². The van der Waals surface area contributed by atoms with E-state index in [1.807, 2.05) is 18.2 Å². The Morgan fingerprint density at radius 3 is 2.62 bits per heavy atom. The molecule has 0 aliphatic heterocycles. The number of halogens is 1. The number of nitrogens with zero attached hydrogens (tertiary/aromatic N) is 1. The van der Waals surface area contributed by atoms with Crippen molar-refractivity contribution in [3.63, 3.8) is 0 Å². The summed E-state index contributed by atoms with van der Waals surface area (Å²) >= 11 is 3.33. The number of hydrogen-bond donors (Lipinski definition) is 2. The molecule has 0 heterocycles. The molecule has 0 radical (unpaired) electrons. The van der Waals surface area contributed by atoms with Gasteiger partial charge in [0, 0.05) is 10.0 Å². The van der Waals surface area contributed by atoms with Crippen molar-refractivity contribution in [2.75, 3.05) is 11.9 Å². The first-order valence-corrected chi connectivity index (χ1v) is 8.58. The molecule has 0 fully saturated rings. The van der Waals surface area contributed by atoms with Crippen molar-refractivity contribution < 1.29 is 14.3 Å². The summed E-state index contributed by atoms with van der Waals surface area (Å²) in [4.78, 5) is 23.7. The van der Waals surface area contributed by atoms with Crippen LogP contribution in [-0.2, 0) is 9.59 Å². The summed E-state index contributed by atoms with van der Waals surface area (Å²) in [5.74, 6) is -0.327. The normalized spacial score (nSPS) is 10.3. The minimum absolute atomic E-state index is 0.340. The number of hydrogen-bond acceptors (Lipinski definition) is 4. The molecule has 2 aromatic rings. The molecule has 0 atom stereocenters. The average molecular weight is 416 g/mol. The fraction of sp³-hybridized carbons (Fsp3) is 0.105. The van der Waals surface area contributed by atoms with Gasteiger partial charge in [-0.15, -0.1) is 0 Å². The second kappa shape index (κ2) is 10.1. The number of amides is 2. The number of carbonyl (C=O) groups is 2. The molecule has 0 aromatic heterocycles. The summed E-state index contributed by atoms with van der Waals surface area (Å²) in [6.07, 6.45) is 2.76. The van der Waals surface area contributed by atoms with E-state index in [1.165, 1.54) is 6.21 Å². The highest BCUT2D eigenvalue weighted by molar-refractivity contribution is 9.10. The second-order valence-electron chi connectivity index (χ2n) is 5.14. The van der Waals surface area contributed by atoms with Crippen LogP contribution in [-0.4, -0.2) is 24.6 Å². The summed E-state index contributed by atoms with van der Waals surface area (Å²) in [5, 5.41) is 6.52. The molecule has 134 valence electrons. The van der Waals surface area contributed by atoms with Gasteiger partial charge in [-0.2, -0.15) is 5.10 Å². The van der Waals surface area contributed by atoms with Crippen molar-refractivity contribution >= 4 is 39.6 Å². The van der Waals surface area contributed by atoms with Crippen LogP contribution >= 0.6 is 15.9 Å². The number of para-hydroxylation sites is 2. The number of nitrogens with one attached hydrogen (secondary N) is 2. The minimum Gasteiger partial charge on any atom is -0.489 e. The van der Waals surface area contributed by atoms with Crippen LogP contribution in [0.3, 0.4) is 0 Å². The maximum Gasteiger partial charge on any atom is 0.249 e. The average Bonchev–Trinajstić information content (AvgIpc) is 2.62. The van der Waals surface area contributed by atoms with Crippen LogP contribution in [0.5, 0.6) is 5.75 Å². The first-order chi connectivity index (χ1) is 12.6. The molecule has 7 heteroatoms. The van der Waals surface area contributed by atoms with Gasteiger partial charge in [-0.3, -0.25) is 9.59 Å². The third kappa shape index (κ3) is 6.18. The highest BCUT2D eigenvalue weighted by Gasteiger charge is 2.10. The van der Waals surface area contributed by atoms with E-state index in [0.29, 0.717) is 23.6 Å². The van der Waals surface area contributed by atoms with E-state index in [2.05, 4.69) is 38.4 Å². The molecule has 2 N–H and O–H groups in total. The molecule has 0 unspecified atom stereocenters. The number of carbonyl (C=O) groups excluding carboxylic acids is 2. The van der Waals surface area contributed by atoms with Crippen molar-refractivity contribution in [1.82, 2.24) is 5.43 Å². The zero-order valence-electron chi connectivity index (χ0n) is 13.9. The van der Waals surface area contributed by atoms with Gasteiger partial charge in [0.1, 0.15) is 18.8 Å². The summed E-state index contributed by atoms with van der Waals surface area (Å²) in [5.41, 5.74) is 3.63. The maximum atomic E-state index is 11.9. The minimum atomic E-state index is -0.518. The molecule has 6 nitrogen and oxygen atoms in total. The zero-order chi connectivity index (χ0) is 18.8. The third-order valence-corrected chi connectivity index (χ3v) is 3.83. The fourth-order valence-corrected chi connectivity index (χ4v) is 2.37. The lowest BCUT2D eigenvalue weighted by Crippen LogP contribution is -2.24. The van der Waals surface area contributed by atoms with Crippen LogP contribution in [0.15, 0.2) is 70.8 Å². The van der Waals surface area contributed by atoms with E-state index < -0.39 is 11.8 Å². The molecule has 0 spiro atoms. The number of benzene rings is 2. The summed E-state index contributed by atoms with van der Waals surface area (Å²) in [6, 6.07) is 14.4. The van der Waals surface area contributed by atoms with E-state index in [-0.39, 0.29) is 6.42 Å². The Morgan fingerprint density at radius 1 is 1.12 bits per heavy atom. The fourth-order valence-electron chi connectivity index (χ4n) is 1.98. The topological polar surface area (TPSA) is 79.8 Å². The number of ether oxygens (including phenoxy) is 1. The molecule has 0 saturated heterocycles. The molecule has 0 aliphatic rings. The molecule has 2 aromatic carbocycles. The molecule has 0 bridgehead atoms. The molecule has 2 rings (SSSR count). The Hall–Kier alpha value is -2.93. The van der Waals surface area contributed by atoms with Gasteiger partial charge in [-0.05, 0) is 40.2 Å². The monoisotopic (exact) mass is 415 g/mol. The van der Waals surface area contributed by atoms with Crippen LogP contribution in [0.2, 0.25) is 0 Å². The van der Waals surface area contributed by atoms with Gasteiger partial charge >= 0.3 is 0 Å². The highest BCUT2D eigenvalue weighted by Crippen LogP contribution is 2.21. The Bertz CT molecular complexity index is 821. The van der Waals surface area contributed by atoms with Crippen molar-refractivity contribution in [3.8, 4) is 5.75 Å². The lowest BCUT2D eigenvalue weighted by atomic mass is 10.2. The second-order valence-corrected chi connectivity index (χ2v) is 5.99. The van der Waals surface area contributed by atoms with Gasteiger partial charge in [0.05, 0.1) is 11.9 Å². The summed E-state index contributed by atoms with van der Waals surface area (Å²) < 4.78 is 6.23. The number of anilines is 1. The van der Waals surface area contributed by atoms with Gasteiger partial charge in [0.15, 0.2) is 0 Å². The molecular weight excluding hydrogens is 398 g/mol. The van der Waals surface area contributed by atoms with Gasteiger partial charge in [0.25, 0.3) is 0 Å². The van der Waals surface area contributed by atoms with Gasteiger partial charge < -0.3 is 10.1 Å². The van der Waals surface area contributed by atoms with Crippen molar-refractivity contribution in [2.45, 2.75) is 6.42 Å². The van der Waals surface area contributed by atoms with Crippen LogP contribution in [0.25, 0.3) is 0 Å². The Labute approximate surface area is 160 Å². The number of hydrazone groups is 1. The predicted octanol–water partition coefficient (Wildman–Crippen LogP) is 3.49. The Balaban J connectivity index is 1.86. The Morgan fingerprint density at radius 2 is 1.85 bits per heavy atom. The van der Waals surface area contributed by atoms with Crippen molar-refractivity contribution in [1.29, 1.82) is 0 Å². The zero-order valence-corrected chi connectivity index (χ0v) is 15.5. The van der Waals surface area contributed by atoms with E-state index in [4.69, 9.17) is 4.74 Å². The first kappa shape index (κ1) is 19.4. The van der Waals surface area contributed by atoms with Gasteiger partial charge in [0.2, 0.25) is 11.8 Å². The SMILES string of the molecule is C=CCOc1ccccc1C=NNC(=O)CC(=O)Nc1ccccc1Br. The van der Waals surface area contributed by atoms with Crippen molar-refractivity contribution in [2.24, 2.45) is 5.10 Å². The van der Waals surface area contributed by atoms with Crippen molar-refractivity contribution in [3.05, 3.63) is 71.2 Å². The highest BCUT2D eigenvalue weighted by atomic mass is 79.9. The summed E-state index contributed by atoms with van der Waals surface area (Å²) in [7, 11) is 0. The lowest BCUT2D eigenvalue weighted by Gasteiger charge is -2.07. The van der Waals surface area contributed by atoms with Gasteiger partial charge in [-0.25, -0.2) is 5.43 Å². The first-order valence-electron chi connectivity index (χ1n) is 7.79. The third-order valence-electron chi connectivity index (χ3n) is 3.14. The van der Waals surface area contributed by atoms with Crippen LogP contribution in [0.1, 0.15) is 12.0 Å². The van der Waals surface area contributed by atoms with E-state index in [1.54, 1.807) is 36.4 Å². The largest absolute Gasteiger partial charge is 0.489 e. The number of rotatable bonds is 8. The molecule has 0 saturated carbocycles. The van der Waals surface area contributed by atoms with Crippen LogP contribution in [0.4, 0.5) is 5.69 Å². The van der Waals surface area contributed by atoms with E-state index in [9.17, 15) is 9.59 Å². The smallest absolute Gasteiger partial charge is 0.249 e. The molecule has 0 aliphatic carbocycles. The molecule has 2 amide bonds.